The van der Waals surface area contributed by atoms with Gasteiger partial charge in [0, 0.05) is 30.8 Å². The Morgan fingerprint density at radius 3 is 2.95 bits per heavy atom. The van der Waals surface area contributed by atoms with E-state index in [2.05, 4.69) is 15.8 Å². The summed E-state index contributed by atoms with van der Waals surface area (Å²) < 4.78 is 4.87. The SMILES string of the molecule is CCc1ccc(/C=N\NC(=S)NCCOC)cc1[N+](=O)[O-]. The van der Waals surface area contributed by atoms with Gasteiger partial charge in [-0.05, 0) is 18.6 Å². The lowest BCUT2D eigenvalue weighted by Gasteiger charge is -2.05. The number of nitrogens with zero attached hydrogens (tertiary/aromatic N) is 2. The van der Waals surface area contributed by atoms with E-state index >= 15 is 0 Å². The third kappa shape index (κ3) is 5.84. The molecule has 0 radical (unpaired) electrons. The summed E-state index contributed by atoms with van der Waals surface area (Å²) in [4.78, 5) is 10.6. The molecule has 114 valence electrons. The Kier molecular flexibility index (Phi) is 7.27. The number of hydrazone groups is 1. The molecule has 2 N–H and O–H groups in total. The molecule has 0 fully saturated rings. The minimum Gasteiger partial charge on any atom is -0.383 e. The molecule has 8 heteroatoms. The van der Waals surface area contributed by atoms with Gasteiger partial charge in [0.1, 0.15) is 0 Å². The van der Waals surface area contributed by atoms with Crippen molar-refractivity contribution in [3.8, 4) is 0 Å². The van der Waals surface area contributed by atoms with Crippen LogP contribution in [0.4, 0.5) is 5.69 Å². The molecule has 0 amide bonds. The van der Waals surface area contributed by atoms with Crippen LogP contribution >= 0.6 is 12.2 Å². The highest BCUT2D eigenvalue weighted by Gasteiger charge is 2.12. The number of nitro groups is 1. The zero-order valence-electron chi connectivity index (χ0n) is 12.0. The second-order valence-corrected chi connectivity index (χ2v) is 4.53. The van der Waals surface area contributed by atoms with Gasteiger partial charge >= 0.3 is 0 Å². The Morgan fingerprint density at radius 1 is 1.57 bits per heavy atom. The van der Waals surface area contributed by atoms with E-state index in [4.69, 9.17) is 17.0 Å². The van der Waals surface area contributed by atoms with E-state index in [1.807, 2.05) is 6.92 Å². The lowest BCUT2D eigenvalue weighted by Crippen LogP contribution is -2.34. The maximum absolute atomic E-state index is 11.0. The normalized spacial score (nSPS) is 10.6. The van der Waals surface area contributed by atoms with Crippen LogP contribution in [0.1, 0.15) is 18.1 Å². The summed E-state index contributed by atoms with van der Waals surface area (Å²) in [6.45, 7) is 2.99. The number of rotatable bonds is 7. The maximum Gasteiger partial charge on any atom is 0.273 e. The molecule has 21 heavy (non-hydrogen) atoms. The van der Waals surface area contributed by atoms with Gasteiger partial charge in [-0.2, -0.15) is 5.10 Å². The summed E-state index contributed by atoms with van der Waals surface area (Å²) in [6, 6.07) is 5.00. The Bertz CT molecular complexity index is 534. The van der Waals surface area contributed by atoms with Gasteiger partial charge in [-0.15, -0.1) is 0 Å². The van der Waals surface area contributed by atoms with Crippen LogP contribution in [0.5, 0.6) is 0 Å². The molecule has 1 aromatic rings. The van der Waals surface area contributed by atoms with Crippen LogP contribution in [0.3, 0.4) is 0 Å². The second kappa shape index (κ2) is 8.98. The highest BCUT2D eigenvalue weighted by Crippen LogP contribution is 2.19. The molecule has 0 saturated carbocycles. The lowest BCUT2D eigenvalue weighted by molar-refractivity contribution is -0.385. The molecule has 0 aliphatic carbocycles. The molecule has 0 aliphatic heterocycles. The van der Waals surface area contributed by atoms with Crippen molar-refractivity contribution >= 4 is 29.2 Å². The van der Waals surface area contributed by atoms with Crippen LogP contribution in [-0.2, 0) is 11.2 Å². The number of hydrogen-bond acceptors (Lipinski definition) is 5. The average molecular weight is 310 g/mol. The summed E-state index contributed by atoms with van der Waals surface area (Å²) in [5.41, 5.74) is 4.06. The first-order valence-electron chi connectivity index (χ1n) is 6.41. The minimum atomic E-state index is -0.388. The molecule has 1 aromatic carbocycles. The lowest BCUT2D eigenvalue weighted by atomic mass is 10.1. The van der Waals surface area contributed by atoms with Crippen molar-refractivity contribution in [3.63, 3.8) is 0 Å². The zero-order chi connectivity index (χ0) is 15.7. The Hall–Kier alpha value is -2.06. The zero-order valence-corrected chi connectivity index (χ0v) is 12.8. The van der Waals surface area contributed by atoms with Crippen LogP contribution in [-0.4, -0.2) is 36.5 Å². The molecule has 0 atom stereocenters. The van der Waals surface area contributed by atoms with Crippen molar-refractivity contribution in [1.29, 1.82) is 0 Å². The fourth-order valence-corrected chi connectivity index (χ4v) is 1.76. The molecule has 0 aliphatic rings. The smallest absolute Gasteiger partial charge is 0.273 e. The van der Waals surface area contributed by atoms with Gasteiger partial charge in [0.15, 0.2) is 5.11 Å². The minimum absolute atomic E-state index is 0.0993. The van der Waals surface area contributed by atoms with Crippen molar-refractivity contribution < 1.29 is 9.66 Å². The van der Waals surface area contributed by atoms with Crippen molar-refractivity contribution in [2.24, 2.45) is 5.10 Å². The fourth-order valence-electron chi connectivity index (χ4n) is 1.60. The largest absolute Gasteiger partial charge is 0.383 e. The summed E-state index contributed by atoms with van der Waals surface area (Å²) in [6.07, 6.45) is 2.09. The van der Waals surface area contributed by atoms with E-state index in [1.165, 1.54) is 12.3 Å². The topological polar surface area (TPSA) is 88.8 Å². The van der Waals surface area contributed by atoms with E-state index in [0.717, 1.165) is 0 Å². The van der Waals surface area contributed by atoms with Gasteiger partial charge in [-0.3, -0.25) is 15.5 Å². The predicted octanol–water partition coefficient (Wildman–Crippen LogP) is 1.60. The Balaban J connectivity index is 2.62. The van der Waals surface area contributed by atoms with Crippen LogP contribution in [0, 0.1) is 10.1 Å². The predicted molar refractivity (Wildman–Crippen MR) is 85.7 cm³/mol. The Labute approximate surface area is 128 Å². The molecule has 0 spiro atoms. The quantitative estimate of drug-likeness (QED) is 0.261. The average Bonchev–Trinajstić information content (AvgIpc) is 2.47. The third-order valence-corrected chi connectivity index (χ3v) is 2.89. The van der Waals surface area contributed by atoms with Gasteiger partial charge in [0.05, 0.1) is 17.7 Å². The number of hydrogen-bond donors (Lipinski definition) is 2. The van der Waals surface area contributed by atoms with Gasteiger partial charge in [0.2, 0.25) is 0 Å². The van der Waals surface area contributed by atoms with Gasteiger partial charge < -0.3 is 10.1 Å². The van der Waals surface area contributed by atoms with Crippen LogP contribution in [0.25, 0.3) is 0 Å². The highest BCUT2D eigenvalue weighted by atomic mass is 32.1. The van der Waals surface area contributed by atoms with Crippen molar-refractivity contribution in [1.82, 2.24) is 10.7 Å². The first-order chi connectivity index (χ1) is 10.1. The van der Waals surface area contributed by atoms with E-state index in [1.54, 1.807) is 19.2 Å². The number of thiocarbonyl (C=S) groups is 1. The van der Waals surface area contributed by atoms with Crippen LogP contribution < -0.4 is 10.7 Å². The summed E-state index contributed by atoms with van der Waals surface area (Å²) >= 11 is 4.99. The van der Waals surface area contributed by atoms with E-state index in [0.29, 0.717) is 35.8 Å². The molecule has 1 rings (SSSR count). The summed E-state index contributed by atoms with van der Waals surface area (Å²) in [7, 11) is 1.60. The number of aryl methyl sites for hydroxylation is 1. The summed E-state index contributed by atoms with van der Waals surface area (Å²) in [5.74, 6) is 0. The molecular weight excluding hydrogens is 292 g/mol. The molecule has 0 saturated heterocycles. The molecule has 0 aromatic heterocycles. The highest BCUT2D eigenvalue weighted by molar-refractivity contribution is 7.80. The molecular formula is C13H18N4O3S. The van der Waals surface area contributed by atoms with Gasteiger partial charge in [-0.25, -0.2) is 0 Å². The van der Waals surface area contributed by atoms with Gasteiger partial charge in [0.25, 0.3) is 5.69 Å². The van der Waals surface area contributed by atoms with Crippen LogP contribution in [0.15, 0.2) is 23.3 Å². The van der Waals surface area contributed by atoms with Crippen molar-refractivity contribution in [2.45, 2.75) is 13.3 Å². The number of nitrogens with one attached hydrogen (secondary N) is 2. The fraction of sp³-hybridized carbons (Fsp3) is 0.385. The number of nitro benzene ring substituents is 1. The molecule has 7 nitrogen and oxygen atoms in total. The molecule has 0 bridgehead atoms. The first-order valence-corrected chi connectivity index (χ1v) is 6.82. The van der Waals surface area contributed by atoms with Crippen LogP contribution in [0.2, 0.25) is 0 Å². The van der Waals surface area contributed by atoms with E-state index in [-0.39, 0.29) is 10.6 Å². The number of benzene rings is 1. The maximum atomic E-state index is 11.0. The van der Waals surface area contributed by atoms with Crippen molar-refractivity contribution in [2.75, 3.05) is 20.3 Å². The van der Waals surface area contributed by atoms with Crippen molar-refractivity contribution in [3.05, 3.63) is 39.4 Å². The summed E-state index contributed by atoms with van der Waals surface area (Å²) in [5, 5.41) is 18.2. The first kappa shape index (κ1) is 17.0. The molecule has 0 unspecified atom stereocenters. The standard InChI is InChI=1S/C13H18N4O3S/c1-3-11-5-4-10(8-12(11)17(18)19)9-15-16-13(21)14-6-7-20-2/h4-5,8-9H,3,6-7H2,1-2H3,(H2,14,16,21)/b15-9-. The van der Waals surface area contributed by atoms with E-state index < -0.39 is 0 Å². The number of ether oxygens (including phenoxy) is 1. The second-order valence-electron chi connectivity index (χ2n) is 4.12. The van der Waals surface area contributed by atoms with E-state index in [9.17, 15) is 10.1 Å². The Morgan fingerprint density at radius 2 is 2.33 bits per heavy atom. The number of methoxy groups -OCH3 is 1. The monoisotopic (exact) mass is 310 g/mol. The van der Waals surface area contributed by atoms with Gasteiger partial charge in [-0.1, -0.05) is 19.1 Å². The molecule has 0 heterocycles. The third-order valence-electron chi connectivity index (χ3n) is 2.66.